The fraction of sp³-hybridized carbons (Fsp3) is 0.424. The number of likely N-dealkylation sites (tertiary alicyclic amines) is 1. The monoisotopic (exact) mass is 640 g/mol. The van der Waals surface area contributed by atoms with Crippen LogP contribution in [0.4, 0.5) is 20.6 Å². The Hall–Kier alpha value is -3.18. The van der Waals surface area contributed by atoms with E-state index < -0.39 is 50.6 Å². The Morgan fingerprint density at radius 1 is 1.11 bits per heavy atom. The number of carbonyl (C=O) groups excluding carboxylic acids is 2. The van der Waals surface area contributed by atoms with Gasteiger partial charge in [0, 0.05) is 41.9 Å². The Morgan fingerprint density at radius 2 is 1.84 bits per heavy atom. The van der Waals surface area contributed by atoms with Crippen LogP contribution in [0.1, 0.15) is 64.1 Å². The molecule has 0 radical (unpaired) electrons. The second-order valence-electron chi connectivity index (χ2n) is 12.6. The largest absolute Gasteiger partial charge is 0.615 e. The van der Waals surface area contributed by atoms with Gasteiger partial charge in [0.2, 0.25) is 5.91 Å². The minimum absolute atomic E-state index is 0.00547. The highest BCUT2D eigenvalue weighted by Gasteiger charge is 2.52. The number of nitrogens with one attached hydrogen (secondary N) is 2. The van der Waals surface area contributed by atoms with E-state index in [2.05, 4.69) is 15.6 Å². The van der Waals surface area contributed by atoms with Crippen molar-refractivity contribution in [3.63, 3.8) is 0 Å². The maximum Gasteiger partial charge on any atom is 0.322 e. The maximum atomic E-state index is 15.4. The van der Waals surface area contributed by atoms with Gasteiger partial charge in [0.25, 0.3) is 0 Å². The Labute approximate surface area is 265 Å². The van der Waals surface area contributed by atoms with Crippen LogP contribution in [0.5, 0.6) is 0 Å². The van der Waals surface area contributed by atoms with Crippen molar-refractivity contribution < 1.29 is 23.6 Å². The number of hydrogen-bond acceptors (Lipinski definition) is 5. The van der Waals surface area contributed by atoms with E-state index in [4.69, 9.17) is 11.6 Å². The van der Waals surface area contributed by atoms with Crippen molar-refractivity contribution in [2.45, 2.75) is 74.5 Å². The molecule has 3 amide bonds. The molecule has 3 N–H and O–H groups in total. The van der Waals surface area contributed by atoms with Crippen molar-refractivity contribution in [3.8, 4) is 0 Å². The SMILES string of the molecule is CC(C)(C)[S@+]([O-])C(CCC1CC1)(c1ccc(F)c(NC(=O)[C@H]2C[C@@H](O)CN2C(=O)Nc2ccc(Cl)cc2)c1)c1ccccn1. The third-order valence-corrected chi connectivity index (χ3v) is 10.8. The first-order valence-electron chi connectivity index (χ1n) is 14.8. The molecule has 2 fully saturated rings. The number of nitrogens with zero attached hydrogens (tertiary/aromatic N) is 2. The van der Waals surface area contributed by atoms with E-state index in [0.29, 0.717) is 34.3 Å². The van der Waals surface area contributed by atoms with Crippen LogP contribution < -0.4 is 10.6 Å². The summed E-state index contributed by atoms with van der Waals surface area (Å²) in [5, 5.41) is 16.3. The summed E-state index contributed by atoms with van der Waals surface area (Å²) in [4.78, 5) is 32.6. The first kappa shape index (κ1) is 32.2. The summed E-state index contributed by atoms with van der Waals surface area (Å²) in [6.45, 7) is 5.69. The molecule has 1 aliphatic heterocycles. The number of amides is 3. The van der Waals surface area contributed by atoms with E-state index in [9.17, 15) is 19.2 Å². The normalized spacial score (nSPS) is 20.6. The Kier molecular flexibility index (Phi) is 9.55. The highest BCUT2D eigenvalue weighted by atomic mass is 35.5. The quantitative estimate of drug-likeness (QED) is 0.232. The third kappa shape index (κ3) is 7.04. The van der Waals surface area contributed by atoms with Crippen LogP contribution in [0.3, 0.4) is 0 Å². The van der Waals surface area contributed by atoms with Crippen LogP contribution >= 0.6 is 11.6 Å². The summed E-state index contributed by atoms with van der Waals surface area (Å²) < 4.78 is 28.2. The summed E-state index contributed by atoms with van der Waals surface area (Å²) >= 11 is 4.44. The van der Waals surface area contributed by atoms with Gasteiger partial charge < -0.3 is 25.2 Å². The molecule has 234 valence electrons. The van der Waals surface area contributed by atoms with Crippen LogP contribution in [0, 0.1) is 11.7 Å². The topological polar surface area (TPSA) is 118 Å². The molecule has 1 aliphatic carbocycles. The van der Waals surface area contributed by atoms with Gasteiger partial charge in [-0.05, 0) is 92.8 Å². The highest BCUT2D eigenvalue weighted by molar-refractivity contribution is 7.93. The molecule has 2 aliphatic rings. The number of halogens is 2. The fourth-order valence-electron chi connectivity index (χ4n) is 5.76. The summed E-state index contributed by atoms with van der Waals surface area (Å²) in [7, 11) is 0. The number of anilines is 2. The first-order chi connectivity index (χ1) is 20.9. The molecule has 5 rings (SSSR count). The number of rotatable bonds is 9. The van der Waals surface area contributed by atoms with Crippen LogP contribution in [0.2, 0.25) is 5.02 Å². The third-order valence-electron chi connectivity index (χ3n) is 8.18. The van der Waals surface area contributed by atoms with E-state index >= 15 is 4.39 Å². The minimum atomic E-state index is -1.49. The Balaban J connectivity index is 1.46. The van der Waals surface area contributed by atoms with Crippen molar-refractivity contribution in [1.29, 1.82) is 0 Å². The lowest BCUT2D eigenvalue weighted by Crippen LogP contribution is -2.47. The van der Waals surface area contributed by atoms with Crippen molar-refractivity contribution in [3.05, 3.63) is 89.0 Å². The average Bonchev–Trinajstić information content (AvgIpc) is 3.74. The molecule has 2 aromatic carbocycles. The summed E-state index contributed by atoms with van der Waals surface area (Å²) in [5.74, 6) is -0.757. The Bertz CT molecular complexity index is 1490. The molecule has 11 heteroatoms. The first-order valence-corrected chi connectivity index (χ1v) is 16.4. The molecule has 0 bridgehead atoms. The number of urea groups is 1. The fourth-order valence-corrected chi connectivity index (χ4v) is 7.88. The van der Waals surface area contributed by atoms with Crippen molar-refractivity contribution in [2.24, 2.45) is 5.92 Å². The van der Waals surface area contributed by atoms with E-state index in [1.165, 1.54) is 11.0 Å². The molecular formula is C33H38ClFN4O4S. The number of hydrogen-bond donors (Lipinski definition) is 3. The van der Waals surface area contributed by atoms with Gasteiger partial charge >= 0.3 is 6.03 Å². The summed E-state index contributed by atoms with van der Waals surface area (Å²) in [5.41, 5.74) is 1.60. The number of aromatic nitrogens is 1. The van der Waals surface area contributed by atoms with Gasteiger partial charge in [-0.1, -0.05) is 36.6 Å². The van der Waals surface area contributed by atoms with Gasteiger partial charge in [-0.3, -0.25) is 9.78 Å². The second-order valence-corrected chi connectivity index (χ2v) is 15.5. The molecule has 8 nitrogen and oxygen atoms in total. The molecule has 2 heterocycles. The van der Waals surface area contributed by atoms with Gasteiger partial charge in [0.15, 0.2) is 4.75 Å². The molecule has 0 spiro atoms. The van der Waals surface area contributed by atoms with E-state index in [1.54, 1.807) is 48.7 Å². The molecule has 1 saturated heterocycles. The van der Waals surface area contributed by atoms with Crippen LogP contribution in [-0.2, 0) is 20.7 Å². The van der Waals surface area contributed by atoms with Crippen LogP contribution in [0.25, 0.3) is 0 Å². The lowest BCUT2D eigenvalue weighted by Gasteiger charge is -2.42. The van der Waals surface area contributed by atoms with Gasteiger partial charge in [0.1, 0.15) is 22.3 Å². The van der Waals surface area contributed by atoms with Gasteiger partial charge in [-0.25, -0.2) is 9.18 Å². The van der Waals surface area contributed by atoms with Gasteiger partial charge in [-0.2, -0.15) is 0 Å². The van der Waals surface area contributed by atoms with E-state index in [1.807, 2.05) is 32.9 Å². The number of benzene rings is 2. The zero-order chi connectivity index (χ0) is 31.6. The van der Waals surface area contributed by atoms with Gasteiger partial charge in [-0.15, -0.1) is 0 Å². The summed E-state index contributed by atoms with van der Waals surface area (Å²) in [6.07, 6.45) is 4.38. The predicted octanol–water partition coefficient (Wildman–Crippen LogP) is 6.46. The minimum Gasteiger partial charge on any atom is -0.615 e. The lowest BCUT2D eigenvalue weighted by molar-refractivity contribution is -0.119. The molecule has 3 aromatic rings. The van der Waals surface area contributed by atoms with E-state index in [0.717, 1.165) is 19.3 Å². The number of pyridine rings is 1. The molecule has 44 heavy (non-hydrogen) atoms. The van der Waals surface area contributed by atoms with E-state index in [-0.39, 0.29) is 18.7 Å². The van der Waals surface area contributed by atoms with Crippen molar-refractivity contribution in [1.82, 2.24) is 9.88 Å². The molecule has 1 unspecified atom stereocenters. The number of aliphatic hydroxyl groups is 1. The molecule has 1 saturated carbocycles. The van der Waals surface area contributed by atoms with Crippen LogP contribution in [-0.4, -0.2) is 54.9 Å². The average molecular weight is 641 g/mol. The number of β-amino-alcohol motifs (C(OH)–C–C–N with tert-alkyl or cyclic N) is 1. The zero-order valence-electron chi connectivity index (χ0n) is 25.1. The van der Waals surface area contributed by atoms with Gasteiger partial charge in [0.05, 0.1) is 11.8 Å². The number of carbonyl (C=O) groups is 2. The zero-order valence-corrected chi connectivity index (χ0v) is 26.6. The standard InChI is InChI=1S/C33H38ClFN4O4S/c1-32(2,3)44(43)33(16-15-21-7-8-21,29-6-4-5-17-36-29)22-9-14-26(35)27(18-22)38-30(41)28-19-25(40)20-39(28)31(42)37-24-12-10-23(34)11-13-24/h4-6,9-14,17-18,21,25,28,40H,7-8,15-16,19-20H2,1-3H3,(H,37,42)(H,38,41)/t25-,28-,33?,44+/m1/s1. The van der Waals surface area contributed by atoms with Crippen molar-refractivity contribution >= 4 is 46.1 Å². The highest BCUT2D eigenvalue weighted by Crippen LogP contribution is 2.49. The predicted molar refractivity (Wildman–Crippen MR) is 171 cm³/mol. The molecule has 4 atom stereocenters. The van der Waals surface area contributed by atoms with Crippen LogP contribution in [0.15, 0.2) is 66.9 Å². The second kappa shape index (κ2) is 13.0. The lowest BCUT2D eigenvalue weighted by atomic mass is 9.88. The Morgan fingerprint density at radius 3 is 2.48 bits per heavy atom. The summed E-state index contributed by atoms with van der Waals surface area (Å²) in [6, 6.07) is 14.8. The molecule has 1 aromatic heterocycles. The smallest absolute Gasteiger partial charge is 0.322 e. The number of aliphatic hydroxyl groups excluding tert-OH is 1. The van der Waals surface area contributed by atoms with Crippen molar-refractivity contribution in [2.75, 3.05) is 17.2 Å². The maximum absolute atomic E-state index is 15.4. The molecular weight excluding hydrogens is 603 g/mol.